The summed E-state index contributed by atoms with van der Waals surface area (Å²) in [6.45, 7) is 7.47. The minimum Gasteiger partial charge on any atom is -0.462 e. The number of hydrogen-bond acceptors (Lipinski definition) is 6. The van der Waals surface area contributed by atoms with Gasteiger partial charge in [-0.15, -0.1) is 12.4 Å². The van der Waals surface area contributed by atoms with Crippen LogP contribution >= 0.6 is 24.2 Å². The van der Waals surface area contributed by atoms with Gasteiger partial charge in [0, 0.05) is 29.3 Å². The summed E-state index contributed by atoms with van der Waals surface area (Å²) in [6.07, 6.45) is 2.41. The Balaban J connectivity index is 0.00000243. The van der Waals surface area contributed by atoms with Gasteiger partial charge < -0.3 is 14.5 Å². The summed E-state index contributed by atoms with van der Waals surface area (Å²) in [7, 11) is 0. The first-order valence-corrected chi connectivity index (χ1v) is 9.56. The number of rotatable bonds is 5. The zero-order valence-corrected chi connectivity index (χ0v) is 16.9. The van der Waals surface area contributed by atoms with Crippen molar-refractivity contribution in [2.45, 2.75) is 39.7 Å². The van der Waals surface area contributed by atoms with Gasteiger partial charge >= 0.3 is 5.97 Å². The van der Waals surface area contributed by atoms with Crippen LogP contribution in [0.4, 0.5) is 0 Å². The molecule has 3 rings (SSSR count). The van der Waals surface area contributed by atoms with Crippen LogP contribution in [0.1, 0.15) is 47.1 Å². The van der Waals surface area contributed by atoms with Crippen molar-refractivity contribution in [3.63, 3.8) is 0 Å². The molecule has 0 aromatic carbocycles. The minimum atomic E-state index is -0.315. The van der Waals surface area contributed by atoms with E-state index in [2.05, 4.69) is 20.5 Å². The summed E-state index contributed by atoms with van der Waals surface area (Å²) >= 11 is 1.59. The van der Waals surface area contributed by atoms with Crippen molar-refractivity contribution < 1.29 is 14.3 Å². The Bertz CT molecular complexity index is 711. The Morgan fingerprint density at radius 3 is 2.85 bits per heavy atom. The fourth-order valence-corrected chi connectivity index (χ4v) is 3.86. The van der Waals surface area contributed by atoms with Crippen molar-refractivity contribution >= 4 is 41.0 Å². The van der Waals surface area contributed by atoms with Gasteiger partial charge in [-0.3, -0.25) is 10.4 Å². The fraction of sp³-hybridized carbons (Fsp3) is 0.588. The van der Waals surface area contributed by atoms with Crippen LogP contribution in [0.3, 0.4) is 0 Å². The summed E-state index contributed by atoms with van der Waals surface area (Å²) in [5, 5.41) is 5.24. The summed E-state index contributed by atoms with van der Waals surface area (Å²) < 4.78 is 10.8. The van der Waals surface area contributed by atoms with E-state index in [0.29, 0.717) is 24.5 Å². The number of thioether (sulfide) groups is 1. The third-order valence-electron chi connectivity index (χ3n) is 4.24. The lowest BCUT2D eigenvalue weighted by Crippen LogP contribution is -2.27. The van der Waals surface area contributed by atoms with Crippen molar-refractivity contribution in [3.05, 3.63) is 22.5 Å². The molecule has 2 aliphatic rings. The Hall–Kier alpha value is -1.51. The lowest BCUT2D eigenvalue weighted by molar-refractivity contribution is 0.0525. The molecule has 0 radical (unpaired) electrons. The van der Waals surface area contributed by atoms with Crippen LogP contribution in [0, 0.1) is 13.8 Å². The summed E-state index contributed by atoms with van der Waals surface area (Å²) in [5.74, 6) is 0.340. The number of aromatic nitrogens is 1. The maximum absolute atomic E-state index is 12.3. The Morgan fingerprint density at radius 2 is 2.23 bits per heavy atom. The van der Waals surface area contributed by atoms with E-state index in [0.717, 1.165) is 47.3 Å². The molecular weight excluding hydrogens is 376 g/mol. The molecule has 1 unspecified atom stereocenters. The van der Waals surface area contributed by atoms with Gasteiger partial charge in [-0.2, -0.15) is 5.10 Å². The highest BCUT2D eigenvalue weighted by Gasteiger charge is 2.26. The molecule has 9 heteroatoms. The molecule has 1 aromatic rings. The molecule has 1 saturated heterocycles. The molecular formula is C17H25ClN4O3S. The van der Waals surface area contributed by atoms with E-state index in [9.17, 15) is 4.79 Å². The van der Waals surface area contributed by atoms with E-state index in [1.165, 1.54) is 0 Å². The Labute approximate surface area is 163 Å². The van der Waals surface area contributed by atoms with E-state index in [4.69, 9.17) is 9.47 Å². The first-order valence-electron chi connectivity index (χ1n) is 8.58. The highest BCUT2D eigenvalue weighted by molar-refractivity contribution is 8.14. The number of ether oxygens (including phenoxy) is 2. The predicted octanol–water partition coefficient (Wildman–Crippen LogP) is 2.81. The number of aryl methyl sites for hydroxylation is 2. The maximum Gasteiger partial charge on any atom is 0.340 e. The lowest BCUT2D eigenvalue weighted by Gasteiger charge is -2.16. The zero-order valence-electron chi connectivity index (χ0n) is 15.3. The fourth-order valence-electron chi connectivity index (χ4n) is 3.10. The lowest BCUT2D eigenvalue weighted by atomic mass is 10.1. The molecule has 0 amide bonds. The Kier molecular flexibility index (Phi) is 7.55. The van der Waals surface area contributed by atoms with E-state index in [-0.39, 0.29) is 24.5 Å². The second-order valence-electron chi connectivity index (χ2n) is 6.09. The third-order valence-corrected chi connectivity index (χ3v) is 5.15. The smallest absolute Gasteiger partial charge is 0.340 e. The van der Waals surface area contributed by atoms with Crippen LogP contribution in [0.5, 0.6) is 0 Å². The molecule has 2 N–H and O–H groups in total. The van der Waals surface area contributed by atoms with E-state index in [1.54, 1.807) is 18.7 Å². The topological polar surface area (TPSA) is 88.1 Å². The second kappa shape index (κ2) is 9.43. The van der Waals surface area contributed by atoms with Crippen molar-refractivity contribution in [2.75, 3.05) is 25.5 Å². The van der Waals surface area contributed by atoms with Gasteiger partial charge in [0.25, 0.3) is 0 Å². The van der Waals surface area contributed by atoms with Gasteiger partial charge in [0.15, 0.2) is 5.17 Å². The zero-order chi connectivity index (χ0) is 17.8. The largest absolute Gasteiger partial charge is 0.462 e. The van der Waals surface area contributed by atoms with Crippen LogP contribution in [-0.2, 0) is 9.47 Å². The molecule has 0 aliphatic carbocycles. The van der Waals surface area contributed by atoms with E-state index in [1.807, 2.05) is 13.8 Å². The number of nitrogens with zero attached hydrogens (tertiary/aromatic N) is 2. The van der Waals surface area contributed by atoms with Crippen molar-refractivity contribution in [1.82, 2.24) is 10.4 Å². The number of nitrogens with one attached hydrogen (secondary N) is 2. The third kappa shape index (κ3) is 4.61. The number of aromatic amines is 1. The summed E-state index contributed by atoms with van der Waals surface area (Å²) in [6, 6.07) is 0. The molecule has 1 atom stereocenters. The number of H-pyrrole nitrogens is 1. The van der Waals surface area contributed by atoms with Crippen LogP contribution < -0.4 is 5.43 Å². The van der Waals surface area contributed by atoms with Gasteiger partial charge in [0.2, 0.25) is 0 Å². The number of amidine groups is 1. The highest BCUT2D eigenvalue weighted by atomic mass is 35.5. The summed E-state index contributed by atoms with van der Waals surface area (Å²) in [5.41, 5.74) is 6.95. The van der Waals surface area contributed by atoms with Crippen molar-refractivity contribution in [1.29, 1.82) is 0 Å². The number of hydrogen-bond donors (Lipinski definition) is 2. The van der Waals surface area contributed by atoms with Gasteiger partial charge in [-0.25, -0.2) is 4.79 Å². The molecule has 26 heavy (non-hydrogen) atoms. The molecule has 3 heterocycles. The number of carbonyl (C=O) groups is 1. The molecule has 1 fully saturated rings. The Morgan fingerprint density at radius 1 is 1.42 bits per heavy atom. The van der Waals surface area contributed by atoms with Gasteiger partial charge in [-0.1, -0.05) is 11.8 Å². The SMILES string of the molecule is CCOC(=O)c1c(C)[nH]c(C)c1C1=NNC(=NCC2CCCO2)SC1.Cl. The van der Waals surface area contributed by atoms with Crippen molar-refractivity contribution in [3.8, 4) is 0 Å². The van der Waals surface area contributed by atoms with Crippen molar-refractivity contribution in [2.24, 2.45) is 10.1 Å². The average Bonchev–Trinajstić information content (AvgIpc) is 3.21. The van der Waals surface area contributed by atoms with Crippen LogP contribution in [0.25, 0.3) is 0 Å². The van der Waals surface area contributed by atoms with Gasteiger partial charge in [-0.05, 0) is 33.6 Å². The monoisotopic (exact) mass is 400 g/mol. The summed E-state index contributed by atoms with van der Waals surface area (Å²) in [4.78, 5) is 20.1. The minimum absolute atomic E-state index is 0. The normalized spacial score (nSPS) is 21.1. The quantitative estimate of drug-likeness (QED) is 0.742. The first-order chi connectivity index (χ1) is 12.1. The average molecular weight is 401 g/mol. The second-order valence-corrected chi connectivity index (χ2v) is 7.05. The van der Waals surface area contributed by atoms with Crippen LogP contribution in [0.15, 0.2) is 10.1 Å². The number of esters is 1. The van der Waals surface area contributed by atoms with Crippen LogP contribution in [0.2, 0.25) is 0 Å². The number of carbonyl (C=O) groups excluding carboxylic acids is 1. The van der Waals surface area contributed by atoms with Crippen LogP contribution in [-0.4, -0.2) is 53.4 Å². The molecule has 2 aliphatic heterocycles. The highest BCUT2D eigenvalue weighted by Crippen LogP contribution is 2.24. The number of aliphatic imine (C=N–C) groups is 1. The molecule has 1 aromatic heterocycles. The number of hydrazone groups is 1. The molecule has 144 valence electrons. The van der Waals surface area contributed by atoms with E-state index < -0.39 is 0 Å². The molecule has 0 spiro atoms. The first kappa shape index (κ1) is 20.8. The molecule has 7 nitrogen and oxygen atoms in total. The maximum atomic E-state index is 12.3. The molecule has 0 saturated carbocycles. The van der Waals surface area contributed by atoms with Gasteiger partial charge in [0.1, 0.15) is 0 Å². The molecule has 0 bridgehead atoms. The van der Waals surface area contributed by atoms with E-state index >= 15 is 0 Å². The van der Waals surface area contributed by atoms with Gasteiger partial charge in [0.05, 0.1) is 30.5 Å². The predicted molar refractivity (Wildman–Crippen MR) is 107 cm³/mol. The standard InChI is InChI=1S/C17H24N4O3S.ClH/c1-4-23-16(22)15-11(3)19-10(2)14(15)13-9-25-17(21-20-13)18-8-12-6-5-7-24-12;/h12,19H,4-9H2,1-3H3,(H,18,21);1H. The number of halogens is 1.